The molecule has 7 heteroatoms. The number of ether oxygens (including phenoxy) is 2. The summed E-state index contributed by atoms with van der Waals surface area (Å²) in [5.41, 5.74) is -0.0399. The number of nitrogens with zero attached hydrogens (tertiary/aromatic N) is 2. The van der Waals surface area contributed by atoms with Gasteiger partial charge in [-0.25, -0.2) is 4.39 Å². The van der Waals surface area contributed by atoms with Crippen LogP contribution < -0.4 is 0 Å². The van der Waals surface area contributed by atoms with Crippen LogP contribution in [0.25, 0.3) is 0 Å². The average molecular weight is 378 g/mol. The molecule has 1 aromatic carbocycles. The Morgan fingerprint density at radius 2 is 2.11 bits per heavy atom. The van der Waals surface area contributed by atoms with Gasteiger partial charge in [0.2, 0.25) is 5.91 Å². The molecule has 0 atom stereocenters. The molecule has 2 saturated heterocycles. The molecule has 1 spiro atoms. The molecule has 0 N–H and O–H groups in total. The van der Waals surface area contributed by atoms with E-state index in [1.807, 2.05) is 4.90 Å². The summed E-state index contributed by atoms with van der Waals surface area (Å²) in [6, 6.07) is 5.78. The van der Waals surface area contributed by atoms with Crippen molar-refractivity contribution >= 4 is 11.8 Å². The van der Waals surface area contributed by atoms with Crippen LogP contribution >= 0.6 is 0 Å². The average Bonchev–Trinajstić information content (AvgIpc) is 2.81. The highest BCUT2D eigenvalue weighted by Gasteiger charge is 2.41. The van der Waals surface area contributed by atoms with Crippen LogP contribution in [0.2, 0.25) is 0 Å². The minimum Gasteiger partial charge on any atom is -0.385 e. The second-order valence-electron chi connectivity index (χ2n) is 7.25. The van der Waals surface area contributed by atoms with Gasteiger partial charge in [-0.1, -0.05) is 6.07 Å². The molecule has 2 fully saturated rings. The van der Waals surface area contributed by atoms with Crippen molar-refractivity contribution in [1.29, 1.82) is 0 Å². The summed E-state index contributed by atoms with van der Waals surface area (Å²) >= 11 is 0. The van der Waals surface area contributed by atoms with E-state index in [1.165, 1.54) is 12.1 Å². The Bertz CT molecular complexity index is 674. The monoisotopic (exact) mass is 378 g/mol. The summed E-state index contributed by atoms with van der Waals surface area (Å²) in [6.07, 6.45) is 2.52. The summed E-state index contributed by atoms with van der Waals surface area (Å²) in [5, 5.41) is 0. The van der Waals surface area contributed by atoms with Crippen LogP contribution in [-0.2, 0) is 14.3 Å². The second-order valence-corrected chi connectivity index (χ2v) is 7.25. The molecule has 27 heavy (non-hydrogen) atoms. The number of carbonyl (C=O) groups excluding carboxylic acids is 2. The Kier molecular flexibility index (Phi) is 6.44. The van der Waals surface area contributed by atoms with Crippen LogP contribution in [0.5, 0.6) is 0 Å². The summed E-state index contributed by atoms with van der Waals surface area (Å²) in [7, 11) is 1.65. The lowest BCUT2D eigenvalue weighted by molar-refractivity contribution is -0.131. The normalized spacial score (nSPS) is 20.0. The van der Waals surface area contributed by atoms with Crippen LogP contribution in [-0.4, -0.2) is 73.7 Å². The molecule has 148 valence electrons. The van der Waals surface area contributed by atoms with Gasteiger partial charge >= 0.3 is 0 Å². The van der Waals surface area contributed by atoms with Gasteiger partial charge in [-0.15, -0.1) is 0 Å². The van der Waals surface area contributed by atoms with E-state index in [0.717, 1.165) is 6.42 Å². The van der Waals surface area contributed by atoms with E-state index in [2.05, 4.69) is 0 Å². The lowest BCUT2D eigenvalue weighted by Gasteiger charge is -2.42. The van der Waals surface area contributed by atoms with E-state index >= 15 is 0 Å². The van der Waals surface area contributed by atoms with Crippen molar-refractivity contribution in [2.75, 3.05) is 46.5 Å². The van der Waals surface area contributed by atoms with Crippen LogP contribution in [0.3, 0.4) is 0 Å². The molecule has 2 aliphatic heterocycles. The first-order chi connectivity index (χ1) is 13.0. The minimum absolute atomic E-state index is 0.112. The second kappa shape index (κ2) is 8.80. The zero-order valence-corrected chi connectivity index (χ0v) is 15.8. The predicted molar refractivity (Wildman–Crippen MR) is 97.9 cm³/mol. The van der Waals surface area contributed by atoms with E-state index in [0.29, 0.717) is 64.2 Å². The molecular formula is C20H27FN2O4. The van der Waals surface area contributed by atoms with Gasteiger partial charge < -0.3 is 19.3 Å². The first kappa shape index (κ1) is 19.8. The number of piperidine rings is 1. The number of hydrogen-bond acceptors (Lipinski definition) is 4. The summed E-state index contributed by atoms with van der Waals surface area (Å²) in [4.78, 5) is 28.6. The number of likely N-dealkylation sites (tertiary alicyclic amines) is 1. The van der Waals surface area contributed by atoms with Gasteiger partial charge in [-0.2, -0.15) is 0 Å². The highest BCUT2D eigenvalue weighted by Crippen LogP contribution is 2.31. The maximum absolute atomic E-state index is 13.4. The van der Waals surface area contributed by atoms with Crippen molar-refractivity contribution in [3.63, 3.8) is 0 Å². The zero-order valence-electron chi connectivity index (χ0n) is 15.8. The molecule has 2 amide bonds. The van der Waals surface area contributed by atoms with Crippen molar-refractivity contribution in [3.8, 4) is 0 Å². The van der Waals surface area contributed by atoms with Crippen LogP contribution in [0.1, 0.15) is 36.0 Å². The molecule has 1 aromatic rings. The maximum Gasteiger partial charge on any atom is 0.253 e. The maximum atomic E-state index is 13.4. The van der Waals surface area contributed by atoms with Crippen LogP contribution in [0.15, 0.2) is 24.3 Å². The van der Waals surface area contributed by atoms with Crippen molar-refractivity contribution in [2.24, 2.45) is 0 Å². The molecule has 0 radical (unpaired) electrons. The fourth-order valence-corrected chi connectivity index (χ4v) is 3.82. The van der Waals surface area contributed by atoms with Gasteiger partial charge in [-0.3, -0.25) is 9.59 Å². The number of methoxy groups -OCH3 is 1. The molecule has 3 rings (SSSR count). The fourth-order valence-electron chi connectivity index (χ4n) is 3.82. The van der Waals surface area contributed by atoms with Crippen molar-refractivity contribution < 1.29 is 23.5 Å². The van der Waals surface area contributed by atoms with Crippen molar-refractivity contribution in [2.45, 2.75) is 31.3 Å². The Balaban J connectivity index is 1.62. The third kappa shape index (κ3) is 4.84. The van der Waals surface area contributed by atoms with Crippen LogP contribution in [0, 0.1) is 5.82 Å². The van der Waals surface area contributed by atoms with Gasteiger partial charge in [0.1, 0.15) is 5.82 Å². The molecule has 0 aromatic heterocycles. The Morgan fingerprint density at radius 1 is 1.33 bits per heavy atom. The minimum atomic E-state index is -0.411. The SMILES string of the molecule is COCCCN1CC2(CCN(C(=O)c3cccc(F)c3)CC2)OCCC1=O. The largest absolute Gasteiger partial charge is 0.385 e. The first-order valence-electron chi connectivity index (χ1n) is 9.48. The topological polar surface area (TPSA) is 59.1 Å². The lowest BCUT2D eigenvalue weighted by atomic mass is 9.90. The van der Waals surface area contributed by atoms with E-state index in [-0.39, 0.29) is 11.8 Å². The fraction of sp³-hybridized carbons (Fsp3) is 0.600. The van der Waals surface area contributed by atoms with Crippen molar-refractivity contribution in [1.82, 2.24) is 9.80 Å². The summed E-state index contributed by atoms with van der Waals surface area (Å²) in [6.45, 7) is 3.32. The number of hydrogen-bond donors (Lipinski definition) is 0. The molecule has 6 nitrogen and oxygen atoms in total. The first-order valence-corrected chi connectivity index (χ1v) is 9.48. The zero-order chi connectivity index (χ0) is 19.3. The number of halogens is 1. The van der Waals surface area contributed by atoms with Gasteiger partial charge in [0.15, 0.2) is 0 Å². The van der Waals surface area contributed by atoms with Gasteiger partial charge in [0.25, 0.3) is 5.91 Å². The number of amides is 2. The van der Waals surface area contributed by atoms with Crippen molar-refractivity contribution in [3.05, 3.63) is 35.6 Å². The molecular weight excluding hydrogens is 351 g/mol. The molecule has 0 saturated carbocycles. The van der Waals surface area contributed by atoms with Crippen LogP contribution in [0.4, 0.5) is 4.39 Å². The van der Waals surface area contributed by atoms with Gasteiger partial charge in [0, 0.05) is 45.5 Å². The smallest absolute Gasteiger partial charge is 0.253 e. The molecule has 0 aliphatic carbocycles. The standard InChI is InChI=1S/C20H27FN2O4/c1-26-12-3-9-23-15-20(27-13-6-18(23)24)7-10-22(11-8-20)19(25)16-4-2-5-17(21)14-16/h2,4-5,14H,3,6-13,15H2,1H3. The Hall–Kier alpha value is -1.99. The highest BCUT2D eigenvalue weighted by molar-refractivity contribution is 5.94. The third-order valence-corrected chi connectivity index (χ3v) is 5.37. The van der Waals surface area contributed by atoms with E-state index in [9.17, 15) is 14.0 Å². The lowest BCUT2D eigenvalue weighted by Crippen LogP contribution is -2.53. The van der Waals surface area contributed by atoms with E-state index < -0.39 is 11.4 Å². The number of carbonyl (C=O) groups is 2. The predicted octanol–water partition coefficient (Wildman–Crippen LogP) is 2.09. The van der Waals surface area contributed by atoms with E-state index in [4.69, 9.17) is 9.47 Å². The summed E-state index contributed by atoms with van der Waals surface area (Å²) < 4.78 is 24.6. The summed E-state index contributed by atoms with van der Waals surface area (Å²) in [5.74, 6) is -0.459. The molecule has 0 bridgehead atoms. The van der Waals surface area contributed by atoms with Gasteiger partial charge in [-0.05, 0) is 37.5 Å². The number of rotatable bonds is 5. The Morgan fingerprint density at radius 3 is 2.81 bits per heavy atom. The third-order valence-electron chi connectivity index (χ3n) is 5.37. The quantitative estimate of drug-likeness (QED) is 0.736. The van der Waals surface area contributed by atoms with E-state index in [1.54, 1.807) is 24.1 Å². The molecule has 2 heterocycles. The van der Waals surface area contributed by atoms with Gasteiger partial charge in [0.05, 0.1) is 18.6 Å². The Labute approximate surface area is 159 Å². The highest BCUT2D eigenvalue weighted by atomic mass is 19.1. The molecule has 2 aliphatic rings. The molecule has 0 unspecified atom stereocenters. The number of benzene rings is 1.